The fraction of sp³-hybridized carbons (Fsp3) is 0.0526. The number of aromatic nitrogens is 1. The predicted molar refractivity (Wildman–Crippen MR) is 97.5 cm³/mol. The summed E-state index contributed by atoms with van der Waals surface area (Å²) in [7, 11) is 0. The van der Waals surface area contributed by atoms with Crippen molar-refractivity contribution in [2.75, 3.05) is 0 Å². The smallest absolute Gasteiger partial charge is 0.205 e. The monoisotopic (exact) mass is 367 g/mol. The molecule has 0 aliphatic carbocycles. The molecule has 4 nitrogen and oxygen atoms in total. The van der Waals surface area contributed by atoms with E-state index >= 15 is 0 Å². The fourth-order valence-electron chi connectivity index (χ4n) is 3.11. The fourth-order valence-corrected chi connectivity index (χ4v) is 3.63. The second-order valence-electron chi connectivity index (χ2n) is 5.65. The summed E-state index contributed by atoms with van der Waals surface area (Å²) in [5.41, 5.74) is 8.58. The number of nitrogens with two attached hydrogens (primary N) is 1. The zero-order valence-corrected chi connectivity index (χ0v) is 14.3. The zero-order valence-electron chi connectivity index (χ0n) is 12.8. The van der Waals surface area contributed by atoms with Crippen LogP contribution in [0.2, 0.25) is 10.0 Å². The number of hydrogen-bond donors (Lipinski definition) is 1. The number of fused-ring (bicyclic) bond motifs is 3. The third-order valence-corrected chi connectivity index (χ3v) is 4.79. The molecule has 0 unspecified atom stereocenters. The Hall–Kier alpha value is -2.74. The summed E-state index contributed by atoms with van der Waals surface area (Å²) < 4.78 is 5.77. The van der Waals surface area contributed by atoms with Gasteiger partial charge in [-0.1, -0.05) is 47.5 Å². The number of pyridine rings is 1. The van der Waals surface area contributed by atoms with Crippen LogP contribution in [0.3, 0.4) is 0 Å². The van der Waals surface area contributed by atoms with Gasteiger partial charge in [-0.2, -0.15) is 5.26 Å². The third kappa shape index (κ3) is 2.49. The molecule has 0 bridgehead atoms. The standard InChI is InChI=1S/C19H11Cl2N3O/c20-11-4-6-12(15(21)8-11)16-13-5-3-10-2-1-7-24-17(10)18(13)25-19(23)14(16)9-22/h1-8,16H,23H2/t16-/m1/s1. The lowest BCUT2D eigenvalue weighted by atomic mass is 9.83. The maximum Gasteiger partial charge on any atom is 0.205 e. The molecular weight excluding hydrogens is 357 g/mol. The second-order valence-corrected chi connectivity index (χ2v) is 6.49. The molecule has 6 heteroatoms. The van der Waals surface area contributed by atoms with E-state index in [-0.39, 0.29) is 5.88 Å². The van der Waals surface area contributed by atoms with E-state index in [9.17, 15) is 5.26 Å². The van der Waals surface area contributed by atoms with Crippen LogP contribution in [-0.2, 0) is 0 Å². The summed E-state index contributed by atoms with van der Waals surface area (Å²) in [4.78, 5) is 4.40. The van der Waals surface area contributed by atoms with E-state index in [1.807, 2.05) is 24.3 Å². The summed E-state index contributed by atoms with van der Waals surface area (Å²) in [5, 5.41) is 11.5. The number of nitrogens with zero attached hydrogens (tertiary/aromatic N) is 2. The van der Waals surface area contributed by atoms with E-state index in [1.54, 1.807) is 24.4 Å². The minimum absolute atomic E-state index is 0.0594. The summed E-state index contributed by atoms with van der Waals surface area (Å²) >= 11 is 12.4. The van der Waals surface area contributed by atoms with Crippen molar-refractivity contribution in [1.82, 2.24) is 4.98 Å². The molecule has 0 spiro atoms. The summed E-state index contributed by atoms with van der Waals surface area (Å²) in [6, 6.07) is 15.0. The van der Waals surface area contributed by atoms with Crippen LogP contribution in [0.15, 0.2) is 60.1 Å². The summed E-state index contributed by atoms with van der Waals surface area (Å²) in [6.07, 6.45) is 1.69. The Morgan fingerprint density at radius 1 is 1.12 bits per heavy atom. The first-order valence-electron chi connectivity index (χ1n) is 7.50. The molecule has 1 aromatic heterocycles. The van der Waals surface area contributed by atoms with Gasteiger partial charge in [-0.15, -0.1) is 0 Å². The van der Waals surface area contributed by atoms with Gasteiger partial charge in [0.2, 0.25) is 5.88 Å². The summed E-state index contributed by atoms with van der Waals surface area (Å²) in [5.74, 6) is 0.166. The Balaban J connectivity index is 2.03. The van der Waals surface area contributed by atoms with Crippen molar-refractivity contribution in [1.29, 1.82) is 5.26 Å². The third-order valence-electron chi connectivity index (χ3n) is 4.23. The first-order valence-corrected chi connectivity index (χ1v) is 8.26. The van der Waals surface area contributed by atoms with Gasteiger partial charge in [-0.3, -0.25) is 4.98 Å². The lowest BCUT2D eigenvalue weighted by molar-refractivity contribution is 0.397. The van der Waals surface area contributed by atoms with Crippen molar-refractivity contribution in [3.05, 3.63) is 81.3 Å². The van der Waals surface area contributed by atoms with Gasteiger partial charge in [0.25, 0.3) is 0 Å². The highest BCUT2D eigenvalue weighted by molar-refractivity contribution is 6.35. The maximum atomic E-state index is 9.62. The molecule has 2 aromatic carbocycles. The van der Waals surface area contributed by atoms with Crippen LogP contribution >= 0.6 is 23.2 Å². The molecular formula is C19H11Cl2N3O. The van der Waals surface area contributed by atoms with Crippen LogP contribution in [0.1, 0.15) is 17.0 Å². The van der Waals surface area contributed by atoms with Crippen molar-refractivity contribution in [2.45, 2.75) is 5.92 Å². The molecule has 4 rings (SSSR count). The number of allylic oxidation sites excluding steroid dienone is 1. The molecule has 25 heavy (non-hydrogen) atoms. The average Bonchev–Trinajstić information content (AvgIpc) is 2.61. The van der Waals surface area contributed by atoms with Crippen molar-refractivity contribution in [2.24, 2.45) is 5.73 Å². The van der Waals surface area contributed by atoms with Crippen LogP contribution < -0.4 is 10.5 Å². The Morgan fingerprint density at radius 3 is 2.68 bits per heavy atom. The topological polar surface area (TPSA) is 71.9 Å². The predicted octanol–water partition coefficient (Wildman–Crippen LogP) is 4.76. The highest BCUT2D eigenvalue weighted by Gasteiger charge is 2.33. The number of benzene rings is 2. The Kier molecular flexibility index (Phi) is 3.76. The molecule has 0 fully saturated rings. The lowest BCUT2D eigenvalue weighted by Gasteiger charge is -2.27. The van der Waals surface area contributed by atoms with Gasteiger partial charge in [0.1, 0.15) is 17.2 Å². The molecule has 0 amide bonds. The van der Waals surface area contributed by atoms with E-state index < -0.39 is 5.92 Å². The van der Waals surface area contributed by atoms with Crippen LogP contribution in [0.5, 0.6) is 5.75 Å². The van der Waals surface area contributed by atoms with E-state index in [0.717, 1.165) is 16.5 Å². The van der Waals surface area contributed by atoms with Gasteiger partial charge in [0.05, 0.1) is 5.92 Å². The number of nitriles is 1. The molecule has 0 radical (unpaired) electrons. The first kappa shape index (κ1) is 15.8. The van der Waals surface area contributed by atoms with E-state index in [1.165, 1.54) is 0 Å². The van der Waals surface area contributed by atoms with Gasteiger partial charge in [0, 0.05) is 27.2 Å². The van der Waals surface area contributed by atoms with Crippen molar-refractivity contribution < 1.29 is 4.74 Å². The van der Waals surface area contributed by atoms with Gasteiger partial charge in [-0.05, 0) is 23.8 Å². The maximum absolute atomic E-state index is 9.62. The lowest BCUT2D eigenvalue weighted by Crippen LogP contribution is -2.21. The largest absolute Gasteiger partial charge is 0.438 e. The van der Waals surface area contributed by atoms with Crippen LogP contribution in [0.4, 0.5) is 0 Å². The average molecular weight is 368 g/mol. The van der Waals surface area contributed by atoms with Gasteiger partial charge < -0.3 is 10.5 Å². The normalized spacial score (nSPS) is 16.3. The molecule has 1 atom stereocenters. The van der Waals surface area contributed by atoms with E-state index in [2.05, 4.69) is 11.1 Å². The number of hydrogen-bond acceptors (Lipinski definition) is 4. The first-order chi connectivity index (χ1) is 12.1. The number of rotatable bonds is 1. The Labute approximate surface area is 154 Å². The SMILES string of the molecule is N#CC1=C(N)Oc2c(ccc3cccnc23)[C@H]1c1ccc(Cl)cc1Cl. The highest BCUT2D eigenvalue weighted by Crippen LogP contribution is 2.46. The molecule has 0 saturated heterocycles. The van der Waals surface area contributed by atoms with E-state index in [0.29, 0.717) is 26.9 Å². The van der Waals surface area contributed by atoms with Gasteiger partial charge >= 0.3 is 0 Å². The quantitative estimate of drug-likeness (QED) is 0.672. The van der Waals surface area contributed by atoms with Crippen molar-refractivity contribution in [3.63, 3.8) is 0 Å². The van der Waals surface area contributed by atoms with Crippen molar-refractivity contribution in [3.8, 4) is 11.8 Å². The zero-order chi connectivity index (χ0) is 17.6. The molecule has 1 aliphatic rings. The summed E-state index contributed by atoms with van der Waals surface area (Å²) in [6.45, 7) is 0. The van der Waals surface area contributed by atoms with Crippen molar-refractivity contribution >= 4 is 34.1 Å². The molecule has 3 aromatic rings. The molecule has 2 N–H and O–H groups in total. The van der Waals surface area contributed by atoms with E-state index in [4.69, 9.17) is 33.7 Å². The van der Waals surface area contributed by atoms with Crippen LogP contribution in [0.25, 0.3) is 10.9 Å². The Morgan fingerprint density at radius 2 is 1.92 bits per heavy atom. The number of halogens is 2. The highest BCUT2D eigenvalue weighted by atomic mass is 35.5. The molecule has 1 aliphatic heterocycles. The van der Waals surface area contributed by atoms with Gasteiger partial charge in [-0.25, -0.2) is 0 Å². The second kappa shape index (κ2) is 5.96. The van der Waals surface area contributed by atoms with Gasteiger partial charge in [0.15, 0.2) is 5.75 Å². The molecule has 2 heterocycles. The number of ether oxygens (including phenoxy) is 1. The van der Waals surface area contributed by atoms with Crippen LogP contribution in [-0.4, -0.2) is 4.98 Å². The molecule has 0 saturated carbocycles. The minimum atomic E-state index is -0.440. The minimum Gasteiger partial charge on any atom is -0.438 e. The Bertz CT molecular complexity index is 1090. The van der Waals surface area contributed by atoms with Crippen LogP contribution in [0, 0.1) is 11.3 Å². The molecule has 122 valence electrons.